The number of alkyl halides is 3. The van der Waals surface area contributed by atoms with E-state index in [0.717, 1.165) is 60.5 Å². The van der Waals surface area contributed by atoms with E-state index < -0.39 is 11.7 Å². The highest BCUT2D eigenvalue weighted by Crippen LogP contribution is 2.35. The lowest BCUT2D eigenvalue weighted by Crippen LogP contribution is -2.10. The number of benzene rings is 1. The molecule has 0 heterocycles. The van der Waals surface area contributed by atoms with Crippen molar-refractivity contribution < 1.29 is 13.2 Å². The fourth-order valence-corrected chi connectivity index (χ4v) is 3.92. The fourth-order valence-electron chi connectivity index (χ4n) is 3.92. The third-order valence-corrected chi connectivity index (χ3v) is 5.25. The zero-order valence-electron chi connectivity index (χ0n) is 20.6. The van der Waals surface area contributed by atoms with Crippen molar-refractivity contribution in [3.05, 3.63) is 89.1 Å². The number of allylic oxidation sites excluding steroid dienone is 8. The van der Waals surface area contributed by atoms with E-state index in [1.165, 1.54) is 17.7 Å². The molecule has 0 aliphatic heterocycles. The van der Waals surface area contributed by atoms with Crippen LogP contribution in [0.4, 0.5) is 13.2 Å². The second-order valence-corrected chi connectivity index (χ2v) is 9.77. The molecule has 0 saturated carbocycles. The Kier molecular flexibility index (Phi) is 10.5. The third kappa shape index (κ3) is 9.46. The first-order valence-electron chi connectivity index (χ1n) is 11.3. The lowest BCUT2D eigenvalue weighted by Gasteiger charge is -2.20. The van der Waals surface area contributed by atoms with Gasteiger partial charge in [0, 0.05) is 0 Å². The summed E-state index contributed by atoms with van der Waals surface area (Å²) in [5, 5.41) is 0. The highest BCUT2D eigenvalue weighted by Gasteiger charge is 2.31. The first kappa shape index (κ1) is 27.7. The molecule has 176 valence electrons. The highest BCUT2D eigenvalue weighted by atomic mass is 19.4. The van der Waals surface area contributed by atoms with Crippen LogP contribution < -0.4 is 0 Å². The van der Waals surface area contributed by atoms with Crippen molar-refractivity contribution in [2.75, 3.05) is 0 Å². The predicted molar refractivity (Wildman–Crippen MR) is 134 cm³/mol. The average molecular weight is 445 g/mol. The topological polar surface area (TPSA) is 0 Å². The number of hydrogen-bond donors (Lipinski definition) is 0. The molecule has 0 nitrogen and oxygen atoms in total. The summed E-state index contributed by atoms with van der Waals surface area (Å²) in [4.78, 5) is 0. The summed E-state index contributed by atoms with van der Waals surface area (Å²) < 4.78 is 40.4. The Hall–Kier alpha value is -2.29. The van der Waals surface area contributed by atoms with Crippen molar-refractivity contribution in [3.63, 3.8) is 0 Å². The van der Waals surface area contributed by atoms with E-state index in [1.54, 1.807) is 13.8 Å². The Morgan fingerprint density at radius 1 is 1.00 bits per heavy atom. The molecule has 0 fully saturated rings. The van der Waals surface area contributed by atoms with Gasteiger partial charge in [-0.25, -0.2) is 0 Å². The van der Waals surface area contributed by atoms with Gasteiger partial charge in [0.1, 0.15) is 0 Å². The molecule has 0 unspecified atom stereocenters. The Morgan fingerprint density at radius 3 is 2.12 bits per heavy atom. The minimum absolute atomic E-state index is 0.230. The zero-order valence-corrected chi connectivity index (χ0v) is 20.6. The lowest BCUT2D eigenvalue weighted by atomic mass is 9.86. The van der Waals surface area contributed by atoms with E-state index in [1.807, 2.05) is 31.2 Å². The van der Waals surface area contributed by atoms with Crippen molar-refractivity contribution in [2.24, 2.45) is 5.41 Å². The Labute approximate surface area is 193 Å². The van der Waals surface area contributed by atoms with Gasteiger partial charge in [0.05, 0.1) is 5.57 Å². The minimum atomic E-state index is -4.40. The number of unbranched alkanes of at least 4 members (excludes halogenated alkanes) is 1. The maximum absolute atomic E-state index is 13.5. The Bertz CT molecular complexity index is 884. The molecule has 0 aliphatic carbocycles. The monoisotopic (exact) mass is 444 g/mol. The number of hydrogen-bond acceptors (Lipinski definition) is 0. The van der Waals surface area contributed by atoms with Crippen LogP contribution in [0.3, 0.4) is 0 Å². The van der Waals surface area contributed by atoms with Crippen LogP contribution in [0.1, 0.15) is 77.8 Å². The molecule has 1 aromatic carbocycles. The molecule has 0 aliphatic rings. The van der Waals surface area contributed by atoms with E-state index >= 15 is 0 Å². The van der Waals surface area contributed by atoms with Crippen molar-refractivity contribution in [2.45, 2.75) is 79.8 Å². The van der Waals surface area contributed by atoms with Crippen LogP contribution in [0, 0.1) is 12.3 Å². The Morgan fingerprint density at radius 2 is 1.59 bits per heavy atom. The molecule has 0 atom stereocenters. The van der Waals surface area contributed by atoms with Crippen molar-refractivity contribution in [1.82, 2.24) is 0 Å². The largest absolute Gasteiger partial charge is 0.416 e. The van der Waals surface area contributed by atoms with Crippen LogP contribution in [0.15, 0.2) is 77.9 Å². The summed E-state index contributed by atoms with van der Waals surface area (Å²) in [6.45, 7) is 20.4. The van der Waals surface area contributed by atoms with Gasteiger partial charge in [0.2, 0.25) is 0 Å². The quantitative estimate of drug-likeness (QED) is 0.191. The molecular weight excluding hydrogens is 405 g/mol. The molecule has 1 rings (SSSR count). The van der Waals surface area contributed by atoms with E-state index in [2.05, 4.69) is 33.9 Å². The van der Waals surface area contributed by atoms with Crippen LogP contribution in [0.25, 0.3) is 5.57 Å². The molecule has 0 bridgehead atoms. The van der Waals surface area contributed by atoms with Crippen molar-refractivity contribution in [1.29, 1.82) is 0 Å². The summed E-state index contributed by atoms with van der Waals surface area (Å²) >= 11 is 0. The summed E-state index contributed by atoms with van der Waals surface area (Å²) in [6.07, 6.45) is 3.98. The molecule has 32 heavy (non-hydrogen) atoms. The van der Waals surface area contributed by atoms with E-state index in [9.17, 15) is 13.2 Å². The van der Waals surface area contributed by atoms with Crippen molar-refractivity contribution >= 4 is 5.57 Å². The maximum atomic E-state index is 13.5. The SMILES string of the molecule is C=C(CCCCC(=C)/C(=C(C)/C=C(\C=C/C)C(F)(F)F)c1ccccc1C)CC(C)(C)C. The molecule has 0 spiro atoms. The molecule has 1 aromatic rings. The van der Waals surface area contributed by atoms with Gasteiger partial charge in [0.25, 0.3) is 0 Å². The highest BCUT2D eigenvalue weighted by molar-refractivity contribution is 5.83. The summed E-state index contributed by atoms with van der Waals surface area (Å²) in [7, 11) is 0. The summed E-state index contributed by atoms with van der Waals surface area (Å²) in [6, 6.07) is 7.79. The van der Waals surface area contributed by atoms with Crippen LogP contribution in [0.2, 0.25) is 0 Å². The molecule has 0 radical (unpaired) electrons. The van der Waals surface area contributed by atoms with Gasteiger partial charge >= 0.3 is 6.18 Å². The lowest BCUT2D eigenvalue weighted by molar-refractivity contribution is -0.0882. The predicted octanol–water partition coefficient (Wildman–Crippen LogP) is 9.94. The van der Waals surface area contributed by atoms with Gasteiger partial charge < -0.3 is 0 Å². The van der Waals surface area contributed by atoms with Crippen LogP contribution >= 0.6 is 0 Å². The number of rotatable bonds is 10. The van der Waals surface area contributed by atoms with E-state index in [-0.39, 0.29) is 5.41 Å². The zero-order chi connectivity index (χ0) is 24.5. The second kappa shape index (κ2) is 12.1. The number of halogens is 3. The molecular formula is C29H39F3. The van der Waals surface area contributed by atoms with Crippen LogP contribution in [0.5, 0.6) is 0 Å². The fraction of sp³-hybridized carbons (Fsp3) is 0.448. The van der Waals surface area contributed by atoms with Gasteiger partial charge in [0.15, 0.2) is 0 Å². The van der Waals surface area contributed by atoms with Crippen LogP contribution in [-0.2, 0) is 0 Å². The second-order valence-electron chi connectivity index (χ2n) is 9.77. The normalized spacial score (nSPS) is 14.0. The van der Waals surface area contributed by atoms with Gasteiger partial charge in [-0.05, 0) is 92.2 Å². The summed E-state index contributed by atoms with van der Waals surface area (Å²) in [5.41, 5.74) is 5.03. The first-order chi connectivity index (χ1) is 14.8. The van der Waals surface area contributed by atoms with E-state index in [0.29, 0.717) is 5.57 Å². The molecule has 0 saturated heterocycles. The third-order valence-electron chi connectivity index (χ3n) is 5.25. The molecule has 0 N–H and O–H groups in total. The van der Waals surface area contributed by atoms with Gasteiger partial charge in [-0.2, -0.15) is 13.2 Å². The maximum Gasteiger partial charge on any atom is 0.416 e. The van der Waals surface area contributed by atoms with E-state index in [4.69, 9.17) is 0 Å². The van der Waals surface area contributed by atoms with Gasteiger partial charge in [-0.1, -0.05) is 75.9 Å². The smallest absolute Gasteiger partial charge is 0.166 e. The molecule has 0 amide bonds. The van der Waals surface area contributed by atoms with Crippen LogP contribution in [-0.4, -0.2) is 6.18 Å². The van der Waals surface area contributed by atoms with Gasteiger partial charge in [-0.3, -0.25) is 0 Å². The van der Waals surface area contributed by atoms with Gasteiger partial charge in [-0.15, -0.1) is 0 Å². The minimum Gasteiger partial charge on any atom is -0.166 e. The first-order valence-corrected chi connectivity index (χ1v) is 11.3. The molecule has 3 heteroatoms. The Balaban J connectivity index is 3.16. The summed E-state index contributed by atoms with van der Waals surface area (Å²) in [5.74, 6) is 0. The molecule has 0 aromatic heterocycles. The number of aryl methyl sites for hydroxylation is 1. The van der Waals surface area contributed by atoms with Crippen molar-refractivity contribution in [3.8, 4) is 0 Å². The standard InChI is InChI=1S/C29H39F3/c1-9-14-25(29(30,31)32)19-24(5)27(26-18-13-12-16-22(26)3)23(4)17-11-10-15-21(2)20-28(6,7)8/h9,12-14,16,18-19H,2,4,10-11,15,17,20H2,1,3,5-8H3/b14-9-,25-19+,27-24-. The average Bonchev–Trinajstić information content (AvgIpc) is 2.64.